The smallest absolute Gasteiger partial charge is 0.222 e. The lowest BCUT2D eigenvalue weighted by molar-refractivity contribution is -0.134. The van der Waals surface area contributed by atoms with E-state index in [1.165, 1.54) is 32.4 Å². The van der Waals surface area contributed by atoms with E-state index in [0.29, 0.717) is 36.7 Å². The second kappa shape index (κ2) is 13.5. The number of aliphatic imine (C=N–C) groups is 1. The van der Waals surface area contributed by atoms with Crippen LogP contribution in [0.4, 0.5) is 0 Å². The number of halogens is 2. The number of carbonyl (C=O) groups is 1. The molecule has 2 saturated heterocycles. The van der Waals surface area contributed by atoms with E-state index < -0.39 is 0 Å². The molecule has 0 spiro atoms. The van der Waals surface area contributed by atoms with Crippen LogP contribution in [0, 0.1) is 18.8 Å². The van der Waals surface area contributed by atoms with Crippen molar-refractivity contribution in [3.8, 4) is 0 Å². The minimum Gasteiger partial charge on any atom is -0.370 e. The van der Waals surface area contributed by atoms with Crippen LogP contribution in [-0.4, -0.2) is 57.8 Å². The van der Waals surface area contributed by atoms with Crippen molar-refractivity contribution in [1.82, 2.24) is 19.8 Å². The molecular weight excluding hydrogens is 668 g/mol. The van der Waals surface area contributed by atoms with Crippen LogP contribution in [0.1, 0.15) is 71.5 Å². The molecule has 226 valence electrons. The molecule has 2 N–H and O–H groups in total. The first-order chi connectivity index (χ1) is 20.9. The number of benzene rings is 1. The summed E-state index contributed by atoms with van der Waals surface area (Å²) >= 11 is 7.57. The molecule has 2 fully saturated rings. The fourth-order valence-electron chi connectivity index (χ4n) is 7.14. The molecular formula is C34H40Br2N6O. The van der Waals surface area contributed by atoms with Crippen molar-refractivity contribution in [2.24, 2.45) is 22.6 Å². The normalized spacial score (nSPS) is 20.0. The quantitative estimate of drug-likeness (QED) is 0.245. The first-order valence-corrected chi connectivity index (χ1v) is 17.1. The number of rotatable bonds is 5. The molecule has 6 rings (SSSR count). The average molecular weight is 709 g/mol. The first kappa shape index (κ1) is 30.3. The van der Waals surface area contributed by atoms with E-state index in [4.69, 9.17) is 10.7 Å². The molecule has 9 heteroatoms. The Morgan fingerprint density at radius 2 is 1.79 bits per heavy atom. The summed E-state index contributed by atoms with van der Waals surface area (Å²) < 4.78 is 2.28. The number of nitrogens with zero attached hydrogens (tertiary/aromatic N) is 5. The average Bonchev–Trinajstić information content (AvgIpc) is 3.19. The van der Waals surface area contributed by atoms with Crippen LogP contribution < -0.4 is 5.73 Å². The van der Waals surface area contributed by atoms with Gasteiger partial charge in [0, 0.05) is 66.1 Å². The number of carbonyl (C=O) groups excluding carboxylic acids is 1. The van der Waals surface area contributed by atoms with Crippen LogP contribution in [0.5, 0.6) is 0 Å². The second-order valence-electron chi connectivity index (χ2n) is 12.3. The molecule has 43 heavy (non-hydrogen) atoms. The van der Waals surface area contributed by atoms with Gasteiger partial charge >= 0.3 is 0 Å². The molecule has 1 atom stereocenters. The second-order valence-corrected chi connectivity index (χ2v) is 14.0. The monoisotopic (exact) mass is 706 g/mol. The van der Waals surface area contributed by atoms with Gasteiger partial charge in [-0.25, -0.2) is 4.99 Å². The van der Waals surface area contributed by atoms with Crippen LogP contribution in [0.3, 0.4) is 0 Å². The van der Waals surface area contributed by atoms with Gasteiger partial charge in [0.1, 0.15) is 0 Å². The summed E-state index contributed by atoms with van der Waals surface area (Å²) in [6.07, 6.45) is 12.1. The number of fused-ring (bicyclic) bond motifs is 2. The van der Waals surface area contributed by atoms with Crippen LogP contribution in [0.25, 0.3) is 0 Å². The number of aromatic nitrogens is 2. The Morgan fingerprint density at radius 3 is 2.53 bits per heavy atom. The van der Waals surface area contributed by atoms with Crippen LogP contribution in [-0.2, 0) is 24.2 Å². The summed E-state index contributed by atoms with van der Waals surface area (Å²) in [7, 11) is 0. The summed E-state index contributed by atoms with van der Waals surface area (Å²) in [6, 6.07) is 10.8. The highest BCUT2D eigenvalue weighted by Gasteiger charge is 2.36. The lowest BCUT2D eigenvalue weighted by Crippen LogP contribution is -2.44. The predicted molar refractivity (Wildman–Crippen MR) is 178 cm³/mol. The molecule has 3 aromatic rings. The van der Waals surface area contributed by atoms with E-state index in [9.17, 15) is 4.79 Å². The van der Waals surface area contributed by atoms with Crippen molar-refractivity contribution in [3.63, 3.8) is 0 Å². The molecule has 1 aromatic carbocycles. The largest absolute Gasteiger partial charge is 0.370 e. The maximum absolute atomic E-state index is 13.4. The summed E-state index contributed by atoms with van der Waals surface area (Å²) in [4.78, 5) is 31.4. The number of pyridine rings is 2. The highest BCUT2D eigenvalue weighted by Crippen LogP contribution is 2.45. The third-order valence-electron chi connectivity index (χ3n) is 9.63. The number of aryl methyl sites for hydroxylation is 2. The Labute approximate surface area is 271 Å². The Hall–Kier alpha value is -2.78. The zero-order chi connectivity index (χ0) is 29.9. The van der Waals surface area contributed by atoms with Crippen molar-refractivity contribution in [3.05, 3.63) is 91.4 Å². The molecule has 4 heterocycles. The minimum atomic E-state index is 0.254. The highest BCUT2D eigenvalue weighted by molar-refractivity contribution is 9.10. The third-order valence-corrected chi connectivity index (χ3v) is 11.2. The summed E-state index contributed by atoms with van der Waals surface area (Å²) in [6.45, 7) is 6.05. The van der Waals surface area contributed by atoms with E-state index in [0.717, 1.165) is 74.7 Å². The van der Waals surface area contributed by atoms with Gasteiger partial charge in [-0.2, -0.15) is 0 Å². The predicted octanol–water partition coefficient (Wildman–Crippen LogP) is 6.40. The van der Waals surface area contributed by atoms with Crippen LogP contribution >= 0.6 is 31.9 Å². The van der Waals surface area contributed by atoms with E-state index in [1.807, 2.05) is 24.5 Å². The molecule has 1 aliphatic carbocycles. The van der Waals surface area contributed by atoms with Crippen molar-refractivity contribution >= 4 is 43.7 Å². The number of nitrogens with two attached hydrogens (primary N) is 1. The Morgan fingerprint density at radius 1 is 1.02 bits per heavy atom. The van der Waals surface area contributed by atoms with Gasteiger partial charge in [-0.05, 0) is 113 Å². The number of likely N-dealkylation sites (tertiary alicyclic amines) is 2. The molecule has 3 aliphatic rings. The van der Waals surface area contributed by atoms with Crippen molar-refractivity contribution in [1.29, 1.82) is 0 Å². The zero-order valence-electron chi connectivity index (χ0n) is 24.8. The lowest BCUT2D eigenvalue weighted by atomic mass is 9.76. The minimum absolute atomic E-state index is 0.254. The highest BCUT2D eigenvalue weighted by atomic mass is 79.9. The van der Waals surface area contributed by atoms with Gasteiger partial charge in [0.25, 0.3) is 0 Å². The summed E-state index contributed by atoms with van der Waals surface area (Å²) in [5, 5.41) is 0. The van der Waals surface area contributed by atoms with Crippen LogP contribution in [0.15, 0.2) is 62.9 Å². The molecule has 2 aliphatic heterocycles. The number of piperidine rings is 2. The van der Waals surface area contributed by atoms with E-state index in [1.54, 1.807) is 6.20 Å². The van der Waals surface area contributed by atoms with Gasteiger partial charge in [-0.15, -0.1) is 0 Å². The van der Waals surface area contributed by atoms with Gasteiger partial charge in [-0.3, -0.25) is 14.8 Å². The number of amides is 1. The zero-order valence-corrected chi connectivity index (χ0v) is 28.0. The fraction of sp³-hybridized carbons (Fsp3) is 0.471. The topological polar surface area (TPSA) is 87.7 Å². The van der Waals surface area contributed by atoms with E-state index in [-0.39, 0.29) is 5.92 Å². The van der Waals surface area contributed by atoms with Gasteiger partial charge < -0.3 is 15.5 Å². The Kier molecular flexibility index (Phi) is 9.48. The van der Waals surface area contributed by atoms with E-state index in [2.05, 4.69) is 76.8 Å². The maximum atomic E-state index is 13.4. The Balaban J connectivity index is 1.06. The standard InChI is InChI=1S/C34H40Br2N6O/c1-22-4-6-28-29(32(22)36)7-5-26-18-27(35)21-39-33(26)31(28)25-10-15-41(16-11-25)30(43)17-23-8-13-42(14-9-23)34(37)40-20-24-3-2-12-38-19-24/h2-4,6,12,18-19,21,23,25,31H,5,7-11,13-17,20H2,1H3,(H2,37,40). The number of hydrogen-bond acceptors (Lipinski definition) is 4. The molecule has 0 bridgehead atoms. The van der Waals surface area contributed by atoms with Crippen molar-refractivity contribution in [2.45, 2.75) is 64.3 Å². The van der Waals surface area contributed by atoms with Gasteiger partial charge in [0.2, 0.25) is 5.91 Å². The Bertz CT molecular complexity index is 1480. The summed E-state index contributed by atoms with van der Waals surface area (Å²) in [5.74, 6) is 2.00. The molecule has 1 amide bonds. The summed E-state index contributed by atoms with van der Waals surface area (Å²) in [5.41, 5.74) is 14.0. The molecule has 2 aromatic heterocycles. The lowest BCUT2D eigenvalue weighted by Gasteiger charge is -2.38. The molecule has 1 unspecified atom stereocenters. The third kappa shape index (κ3) is 6.83. The first-order valence-electron chi connectivity index (χ1n) is 15.5. The van der Waals surface area contributed by atoms with Crippen molar-refractivity contribution in [2.75, 3.05) is 26.2 Å². The molecule has 7 nitrogen and oxygen atoms in total. The van der Waals surface area contributed by atoms with Gasteiger partial charge in [-0.1, -0.05) is 34.1 Å². The van der Waals surface area contributed by atoms with Crippen molar-refractivity contribution < 1.29 is 4.79 Å². The van der Waals surface area contributed by atoms with Gasteiger partial charge in [0.05, 0.1) is 12.2 Å². The number of guanidine groups is 1. The SMILES string of the molecule is Cc1ccc2c(c1Br)CCc1cc(Br)cnc1C2C1CCN(C(=O)CC2CCN(C(N)=NCc3cccnc3)CC2)CC1. The number of hydrogen-bond donors (Lipinski definition) is 1. The molecule has 0 radical (unpaired) electrons. The van der Waals surface area contributed by atoms with Crippen LogP contribution in [0.2, 0.25) is 0 Å². The maximum Gasteiger partial charge on any atom is 0.222 e. The van der Waals surface area contributed by atoms with E-state index >= 15 is 0 Å². The van der Waals surface area contributed by atoms with Gasteiger partial charge in [0.15, 0.2) is 5.96 Å². The molecule has 0 saturated carbocycles. The fourth-order valence-corrected chi connectivity index (χ4v) is 8.08.